The number of nitrogens with one attached hydrogen (secondary N) is 2. The lowest BCUT2D eigenvalue weighted by molar-refractivity contribution is 0.734. The quantitative estimate of drug-likeness (QED) is 0.440. The first-order valence-corrected chi connectivity index (χ1v) is 9.32. The van der Waals surface area contributed by atoms with E-state index in [1.54, 1.807) is 11.3 Å². The summed E-state index contributed by atoms with van der Waals surface area (Å²) in [6.45, 7) is 8.75. The second-order valence-corrected chi connectivity index (χ2v) is 6.84. The standard InChI is InChI=1S/C14H26N4S2/c1-5-15-14(16-8-6-7-9-19-4)17-10-13-18-11(2)12(3)20-13/h5-10H2,1-4H3,(H2,15,16,17). The lowest BCUT2D eigenvalue weighted by Crippen LogP contribution is -2.37. The molecular weight excluding hydrogens is 288 g/mol. The van der Waals surface area contributed by atoms with Crippen molar-refractivity contribution in [1.29, 1.82) is 0 Å². The summed E-state index contributed by atoms with van der Waals surface area (Å²) in [4.78, 5) is 10.4. The highest BCUT2D eigenvalue weighted by Gasteiger charge is 2.03. The number of thioether (sulfide) groups is 1. The van der Waals surface area contributed by atoms with E-state index in [-0.39, 0.29) is 0 Å². The summed E-state index contributed by atoms with van der Waals surface area (Å²) in [6.07, 6.45) is 4.58. The molecule has 0 aliphatic heterocycles. The van der Waals surface area contributed by atoms with Crippen LogP contribution in [0.3, 0.4) is 0 Å². The summed E-state index contributed by atoms with van der Waals surface area (Å²) in [7, 11) is 0. The first-order chi connectivity index (χ1) is 9.67. The van der Waals surface area contributed by atoms with Crippen LogP contribution in [0.5, 0.6) is 0 Å². The third-order valence-corrected chi connectivity index (χ3v) is 4.61. The summed E-state index contributed by atoms with van der Waals surface area (Å²) in [5, 5.41) is 7.74. The molecule has 114 valence electrons. The van der Waals surface area contributed by atoms with E-state index in [9.17, 15) is 0 Å². The highest BCUT2D eigenvalue weighted by molar-refractivity contribution is 7.98. The lowest BCUT2D eigenvalue weighted by Gasteiger charge is -2.10. The van der Waals surface area contributed by atoms with E-state index in [0.717, 1.165) is 29.8 Å². The van der Waals surface area contributed by atoms with E-state index in [4.69, 9.17) is 0 Å². The first kappa shape index (κ1) is 17.3. The van der Waals surface area contributed by atoms with Gasteiger partial charge in [-0.2, -0.15) is 11.8 Å². The topological polar surface area (TPSA) is 49.3 Å². The maximum Gasteiger partial charge on any atom is 0.191 e. The van der Waals surface area contributed by atoms with Gasteiger partial charge in [0.05, 0.1) is 12.2 Å². The molecule has 0 amide bonds. The number of thiazole rings is 1. The van der Waals surface area contributed by atoms with Gasteiger partial charge in [-0.3, -0.25) is 0 Å². The van der Waals surface area contributed by atoms with Gasteiger partial charge in [0.1, 0.15) is 5.01 Å². The van der Waals surface area contributed by atoms with Crippen molar-refractivity contribution in [1.82, 2.24) is 15.6 Å². The van der Waals surface area contributed by atoms with Gasteiger partial charge in [0.2, 0.25) is 0 Å². The number of guanidine groups is 1. The fourth-order valence-electron chi connectivity index (χ4n) is 1.67. The van der Waals surface area contributed by atoms with Crippen LogP contribution in [-0.4, -0.2) is 36.0 Å². The van der Waals surface area contributed by atoms with Crippen LogP contribution >= 0.6 is 23.1 Å². The molecule has 0 radical (unpaired) electrons. The van der Waals surface area contributed by atoms with Crippen molar-refractivity contribution in [3.8, 4) is 0 Å². The number of aliphatic imine (C=N–C) groups is 1. The van der Waals surface area contributed by atoms with Crippen molar-refractivity contribution in [2.45, 2.75) is 40.2 Å². The third-order valence-electron chi connectivity index (χ3n) is 2.86. The molecule has 0 spiro atoms. The van der Waals surface area contributed by atoms with Crippen LogP contribution in [0.15, 0.2) is 4.99 Å². The summed E-state index contributed by atoms with van der Waals surface area (Å²) in [5.41, 5.74) is 1.12. The number of hydrogen-bond donors (Lipinski definition) is 2. The molecule has 6 heteroatoms. The maximum absolute atomic E-state index is 4.59. The normalized spacial score (nSPS) is 11.7. The van der Waals surface area contributed by atoms with Crippen molar-refractivity contribution in [3.05, 3.63) is 15.6 Å². The Labute approximate surface area is 130 Å². The molecule has 0 aliphatic carbocycles. The number of unbranched alkanes of at least 4 members (excludes halogenated alkanes) is 1. The molecule has 0 unspecified atom stereocenters. The zero-order chi connectivity index (χ0) is 14.8. The van der Waals surface area contributed by atoms with Gasteiger partial charge >= 0.3 is 0 Å². The van der Waals surface area contributed by atoms with Gasteiger partial charge in [-0.25, -0.2) is 9.98 Å². The maximum atomic E-state index is 4.59. The molecule has 1 rings (SSSR count). The van der Waals surface area contributed by atoms with Crippen LogP contribution < -0.4 is 10.6 Å². The molecule has 2 N–H and O–H groups in total. The third kappa shape index (κ3) is 6.61. The summed E-state index contributed by atoms with van der Waals surface area (Å²) >= 11 is 3.63. The average molecular weight is 315 g/mol. The molecule has 0 aromatic carbocycles. The van der Waals surface area contributed by atoms with Crippen LogP contribution in [0.4, 0.5) is 0 Å². The van der Waals surface area contributed by atoms with Gasteiger partial charge in [0, 0.05) is 18.0 Å². The lowest BCUT2D eigenvalue weighted by atomic mass is 10.3. The van der Waals surface area contributed by atoms with Crippen molar-refractivity contribution in [2.24, 2.45) is 4.99 Å². The minimum atomic E-state index is 0.652. The average Bonchev–Trinajstić information content (AvgIpc) is 2.75. The van der Waals surface area contributed by atoms with Crippen LogP contribution in [0, 0.1) is 13.8 Å². The molecule has 0 saturated heterocycles. The fraction of sp³-hybridized carbons (Fsp3) is 0.714. The molecule has 0 saturated carbocycles. The van der Waals surface area contributed by atoms with Gasteiger partial charge in [-0.05, 0) is 45.6 Å². The highest BCUT2D eigenvalue weighted by atomic mass is 32.2. The van der Waals surface area contributed by atoms with E-state index in [1.807, 2.05) is 18.7 Å². The Morgan fingerprint density at radius 3 is 2.70 bits per heavy atom. The summed E-state index contributed by atoms with van der Waals surface area (Å²) < 4.78 is 0. The minimum absolute atomic E-state index is 0.652. The van der Waals surface area contributed by atoms with Crippen LogP contribution in [0.2, 0.25) is 0 Å². The van der Waals surface area contributed by atoms with Gasteiger partial charge < -0.3 is 10.6 Å². The van der Waals surface area contributed by atoms with Gasteiger partial charge in [-0.15, -0.1) is 11.3 Å². The minimum Gasteiger partial charge on any atom is -0.357 e. The second kappa shape index (κ2) is 10.0. The van der Waals surface area contributed by atoms with Gasteiger partial charge in [0.15, 0.2) is 5.96 Å². The Morgan fingerprint density at radius 1 is 1.30 bits per heavy atom. The number of hydrogen-bond acceptors (Lipinski definition) is 4. The largest absolute Gasteiger partial charge is 0.357 e. The fourth-order valence-corrected chi connectivity index (χ4v) is 3.02. The molecule has 1 aromatic heterocycles. The summed E-state index contributed by atoms with van der Waals surface area (Å²) in [6, 6.07) is 0. The predicted molar refractivity (Wildman–Crippen MR) is 92.0 cm³/mol. The molecule has 0 fully saturated rings. The molecule has 1 heterocycles. The Morgan fingerprint density at radius 2 is 2.10 bits per heavy atom. The first-order valence-electron chi connectivity index (χ1n) is 7.11. The molecule has 1 aromatic rings. The summed E-state index contributed by atoms with van der Waals surface area (Å²) in [5.74, 6) is 2.12. The molecule has 4 nitrogen and oxygen atoms in total. The smallest absolute Gasteiger partial charge is 0.191 e. The molecular formula is C14H26N4S2. The number of nitrogens with zero attached hydrogens (tertiary/aromatic N) is 2. The predicted octanol–water partition coefficient (Wildman–Crippen LogP) is 2.96. The molecule has 0 atom stereocenters. The molecule has 0 bridgehead atoms. The Hall–Kier alpha value is -0.750. The van der Waals surface area contributed by atoms with E-state index in [0.29, 0.717) is 6.54 Å². The number of aryl methyl sites for hydroxylation is 2. The van der Waals surface area contributed by atoms with E-state index >= 15 is 0 Å². The van der Waals surface area contributed by atoms with Crippen molar-refractivity contribution < 1.29 is 0 Å². The van der Waals surface area contributed by atoms with E-state index in [2.05, 4.69) is 40.7 Å². The number of rotatable bonds is 8. The number of aromatic nitrogens is 1. The zero-order valence-electron chi connectivity index (χ0n) is 13.0. The molecule has 20 heavy (non-hydrogen) atoms. The highest BCUT2D eigenvalue weighted by Crippen LogP contribution is 2.16. The van der Waals surface area contributed by atoms with E-state index in [1.165, 1.54) is 23.5 Å². The van der Waals surface area contributed by atoms with E-state index < -0.39 is 0 Å². The SMILES string of the molecule is CCNC(=NCc1nc(C)c(C)s1)NCCCCSC. The Bertz CT molecular complexity index is 396. The van der Waals surface area contributed by atoms with Crippen LogP contribution in [0.25, 0.3) is 0 Å². The zero-order valence-corrected chi connectivity index (χ0v) is 14.6. The van der Waals surface area contributed by atoms with Crippen molar-refractivity contribution in [2.75, 3.05) is 25.1 Å². The Kier molecular flexibility index (Phi) is 8.69. The monoisotopic (exact) mass is 314 g/mol. The van der Waals surface area contributed by atoms with Crippen molar-refractivity contribution in [3.63, 3.8) is 0 Å². The van der Waals surface area contributed by atoms with Gasteiger partial charge in [-0.1, -0.05) is 0 Å². The van der Waals surface area contributed by atoms with Crippen molar-refractivity contribution >= 4 is 29.1 Å². The van der Waals surface area contributed by atoms with Crippen LogP contribution in [-0.2, 0) is 6.54 Å². The second-order valence-electron chi connectivity index (χ2n) is 4.57. The van der Waals surface area contributed by atoms with Gasteiger partial charge in [0.25, 0.3) is 0 Å². The Balaban J connectivity index is 2.41. The van der Waals surface area contributed by atoms with Crippen LogP contribution in [0.1, 0.15) is 35.3 Å². The molecule has 0 aliphatic rings.